The number of primary amides is 1. The number of anilines is 1. The molecule has 9 heteroatoms. The first-order valence-corrected chi connectivity index (χ1v) is 11.7. The van der Waals surface area contributed by atoms with Crippen molar-refractivity contribution in [1.29, 1.82) is 0 Å². The number of benzene rings is 1. The first-order chi connectivity index (χ1) is 15.0. The average molecular weight is 446 g/mol. The Bertz CT molecular complexity index is 957. The van der Waals surface area contributed by atoms with E-state index in [4.69, 9.17) is 15.2 Å². The van der Waals surface area contributed by atoms with Gasteiger partial charge in [-0.25, -0.2) is 4.68 Å². The van der Waals surface area contributed by atoms with E-state index in [1.165, 1.54) is 0 Å². The largest absolute Gasteiger partial charge is 0.490 e. The van der Waals surface area contributed by atoms with Gasteiger partial charge in [-0.3, -0.25) is 4.79 Å². The maximum atomic E-state index is 12.4. The topological polar surface area (TPSA) is 104 Å². The second kappa shape index (κ2) is 10.6. The van der Waals surface area contributed by atoms with Gasteiger partial charge in [-0.1, -0.05) is 38.1 Å². The number of nitrogens with one attached hydrogen (secondary N) is 1. The summed E-state index contributed by atoms with van der Waals surface area (Å²) in [4.78, 5) is 17.0. The molecule has 3 N–H and O–H groups in total. The van der Waals surface area contributed by atoms with Crippen LogP contribution < -0.4 is 20.5 Å². The summed E-state index contributed by atoms with van der Waals surface area (Å²) in [6.45, 7) is 9.07. The molecule has 1 aliphatic heterocycles. The predicted molar refractivity (Wildman–Crippen MR) is 123 cm³/mol. The van der Waals surface area contributed by atoms with Gasteiger partial charge >= 0.3 is 0 Å². The molecule has 1 unspecified atom stereocenters. The zero-order valence-electron chi connectivity index (χ0n) is 18.6. The highest BCUT2D eigenvalue weighted by atomic mass is 32.2. The summed E-state index contributed by atoms with van der Waals surface area (Å²) in [5.41, 5.74) is 7.74. The van der Waals surface area contributed by atoms with Gasteiger partial charge in [-0.2, -0.15) is 4.98 Å². The van der Waals surface area contributed by atoms with Gasteiger partial charge in [0.15, 0.2) is 11.5 Å². The number of carbonyl (C=O) groups is 1. The molecule has 1 atom stereocenters. The smallest absolute Gasteiger partial charge is 0.248 e. The van der Waals surface area contributed by atoms with E-state index in [1.54, 1.807) is 16.4 Å². The number of thioether (sulfide) groups is 1. The van der Waals surface area contributed by atoms with E-state index in [1.807, 2.05) is 32.0 Å². The van der Waals surface area contributed by atoms with E-state index >= 15 is 0 Å². The van der Waals surface area contributed by atoms with E-state index in [-0.39, 0.29) is 0 Å². The molecule has 0 aliphatic carbocycles. The number of aromatic nitrogens is 3. The Morgan fingerprint density at radius 1 is 1.23 bits per heavy atom. The molecule has 1 aliphatic rings. The van der Waals surface area contributed by atoms with Crippen LogP contribution in [0.25, 0.3) is 0 Å². The van der Waals surface area contributed by atoms with Crippen LogP contribution in [0.2, 0.25) is 0 Å². The highest BCUT2D eigenvalue weighted by Crippen LogP contribution is 2.39. The molecule has 0 bridgehead atoms. The molecule has 1 amide bonds. The Labute approximate surface area is 187 Å². The third-order valence-electron chi connectivity index (χ3n) is 4.87. The van der Waals surface area contributed by atoms with Crippen molar-refractivity contribution in [2.75, 3.05) is 24.3 Å². The predicted octanol–water partition coefficient (Wildman–Crippen LogP) is 4.13. The second-order valence-corrected chi connectivity index (χ2v) is 8.34. The number of nitrogens with two attached hydrogens (primary N) is 1. The summed E-state index contributed by atoms with van der Waals surface area (Å²) in [5, 5.41) is 8.54. The standard InChI is InChI=1S/C22H31N5O3S/c1-5-8-12-31-22-25-21-24-14(4)18(20(23)28)19(27(21)26-22)15-9-10-16(30-11-6-2)17(13-15)29-7-3/h9-10,13,19H,5-8,11-12H2,1-4H3,(H2,23,28)(H,24,25,26). The molecule has 2 aromatic rings. The van der Waals surface area contributed by atoms with Crippen molar-refractivity contribution >= 4 is 23.6 Å². The lowest BCUT2D eigenvalue weighted by atomic mass is 9.95. The minimum absolute atomic E-state index is 0.451. The van der Waals surface area contributed by atoms with Gasteiger partial charge in [-0.15, -0.1) is 5.10 Å². The first-order valence-electron chi connectivity index (χ1n) is 10.8. The van der Waals surface area contributed by atoms with Crippen LogP contribution >= 0.6 is 11.8 Å². The van der Waals surface area contributed by atoms with Gasteiger partial charge in [0.25, 0.3) is 0 Å². The molecule has 31 heavy (non-hydrogen) atoms. The Kier molecular flexibility index (Phi) is 7.84. The number of fused-ring (bicyclic) bond motifs is 1. The second-order valence-electron chi connectivity index (χ2n) is 7.28. The van der Waals surface area contributed by atoms with Crippen molar-refractivity contribution in [1.82, 2.24) is 14.8 Å². The highest BCUT2D eigenvalue weighted by Gasteiger charge is 2.33. The summed E-state index contributed by atoms with van der Waals surface area (Å²) in [6, 6.07) is 5.20. The van der Waals surface area contributed by atoms with Crippen LogP contribution in [0.5, 0.6) is 11.5 Å². The zero-order valence-corrected chi connectivity index (χ0v) is 19.4. The lowest BCUT2D eigenvalue weighted by Crippen LogP contribution is -2.31. The Balaban J connectivity index is 2.04. The van der Waals surface area contributed by atoms with Gasteiger partial charge in [-0.05, 0) is 44.4 Å². The van der Waals surface area contributed by atoms with Crippen LogP contribution in [0.15, 0.2) is 34.6 Å². The van der Waals surface area contributed by atoms with Gasteiger partial charge in [0, 0.05) is 11.4 Å². The molecule has 0 saturated heterocycles. The summed E-state index contributed by atoms with van der Waals surface area (Å²) >= 11 is 1.61. The fourth-order valence-electron chi connectivity index (χ4n) is 3.42. The van der Waals surface area contributed by atoms with E-state index in [9.17, 15) is 4.79 Å². The number of amides is 1. The molecule has 1 aromatic carbocycles. The molecule has 168 valence electrons. The van der Waals surface area contributed by atoms with E-state index in [0.29, 0.717) is 47.1 Å². The molecule has 0 fully saturated rings. The van der Waals surface area contributed by atoms with Crippen LogP contribution in [-0.2, 0) is 4.79 Å². The molecule has 0 radical (unpaired) electrons. The van der Waals surface area contributed by atoms with Crippen LogP contribution in [-0.4, -0.2) is 39.6 Å². The van der Waals surface area contributed by atoms with E-state index in [2.05, 4.69) is 29.2 Å². The molecule has 2 heterocycles. The van der Waals surface area contributed by atoms with Crippen molar-refractivity contribution in [3.8, 4) is 11.5 Å². The Morgan fingerprint density at radius 3 is 2.71 bits per heavy atom. The molecule has 3 rings (SSSR count). The average Bonchev–Trinajstić information content (AvgIpc) is 3.14. The maximum Gasteiger partial charge on any atom is 0.248 e. The first kappa shape index (κ1) is 23.0. The zero-order chi connectivity index (χ0) is 22.4. The third-order valence-corrected chi connectivity index (χ3v) is 5.80. The number of hydrogen-bond acceptors (Lipinski definition) is 7. The third kappa shape index (κ3) is 5.15. The summed E-state index contributed by atoms with van der Waals surface area (Å²) in [6.07, 6.45) is 3.10. The summed E-state index contributed by atoms with van der Waals surface area (Å²) in [5.74, 6) is 2.35. The van der Waals surface area contributed by atoms with Crippen LogP contribution in [0.3, 0.4) is 0 Å². The minimum atomic E-state index is -0.499. The highest BCUT2D eigenvalue weighted by molar-refractivity contribution is 7.99. The molecule has 0 spiro atoms. The van der Waals surface area contributed by atoms with Crippen molar-refractivity contribution in [2.24, 2.45) is 5.73 Å². The van der Waals surface area contributed by atoms with E-state index < -0.39 is 11.9 Å². The summed E-state index contributed by atoms with van der Waals surface area (Å²) in [7, 11) is 0. The van der Waals surface area contributed by atoms with Gasteiger partial charge in [0.2, 0.25) is 17.0 Å². The molecular weight excluding hydrogens is 414 g/mol. The molecular formula is C22H31N5O3S. The number of carbonyl (C=O) groups excluding carboxylic acids is 1. The number of allylic oxidation sites excluding steroid dienone is 1. The molecule has 0 saturated carbocycles. The Morgan fingerprint density at radius 2 is 2.03 bits per heavy atom. The number of unbranched alkanes of at least 4 members (excludes halogenated alkanes) is 1. The fraction of sp³-hybridized carbons (Fsp3) is 0.500. The van der Waals surface area contributed by atoms with Crippen LogP contribution in [0.4, 0.5) is 5.95 Å². The Hall–Kier alpha value is -2.68. The number of ether oxygens (including phenoxy) is 2. The van der Waals surface area contributed by atoms with Crippen molar-refractivity contribution < 1.29 is 14.3 Å². The molecule has 1 aromatic heterocycles. The van der Waals surface area contributed by atoms with E-state index in [0.717, 1.165) is 30.6 Å². The number of hydrogen-bond donors (Lipinski definition) is 2. The molecule has 8 nitrogen and oxygen atoms in total. The van der Waals surface area contributed by atoms with Crippen LogP contribution in [0.1, 0.15) is 58.6 Å². The lowest BCUT2D eigenvalue weighted by Gasteiger charge is -2.28. The van der Waals surface area contributed by atoms with Gasteiger partial charge in [0.05, 0.1) is 18.8 Å². The lowest BCUT2D eigenvalue weighted by molar-refractivity contribution is -0.115. The maximum absolute atomic E-state index is 12.4. The minimum Gasteiger partial charge on any atom is -0.490 e. The van der Waals surface area contributed by atoms with Crippen LogP contribution in [0, 0.1) is 0 Å². The van der Waals surface area contributed by atoms with Gasteiger partial charge < -0.3 is 20.5 Å². The van der Waals surface area contributed by atoms with Crippen molar-refractivity contribution in [2.45, 2.75) is 58.2 Å². The number of rotatable bonds is 11. The van der Waals surface area contributed by atoms with Crippen molar-refractivity contribution in [3.63, 3.8) is 0 Å². The SMILES string of the molecule is CCCCSc1nc2n(n1)C(c1ccc(OCCC)c(OCC)c1)C(C(N)=O)=C(C)N2. The fourth-order valence-corrected chi connectivity index (χ4v) is 4.33. The summed E-state index contributed by atoms with van der Waals surface area (Å²) < 4.78 is 13.4. The van der Waals surface area contributed by atoms with Gasteiger partial charge in [0.1, 0.15) is 6.04 Å². The normalized spacial score (nSPS) is 15.4. The van der Waals surface area contributed by atoms with Crippen molar-refractivity contribution in [3.05, 3.63) is 35.0 Å². The number of nitrogens with zero attached hydrogens (tertiary/aromatic N) is 3. The quantitative estimate of drug-likeness (QED) is 0.396. The monoisotopic (exact) mass is 445 g/mol.